The Morgan fingerprint density at radius 2 is 2.22 bits per heavy atom. The van der Waals surface area contributed by atoms with E-state index in [1.807, 2.05) is 25.1 Å². The molecule has 0 bridgehead atoms. The van der Waals surface area contributed by atoms with E-state index in [-0.39, 0.29) is 11.8 Å². The minimum Gasteiger partial charge on any atom is -0.497 e. The molecular formula is C13H18ClNO3. The van der Waals surface area contributed by atoms with E-state index in [9.17, 15) is 4.79 Å². The Bertz CT molecular complexity index is 396. The van der Waals surface area contributed by atoms with Gasteiger partial charge in [-0.3, -0.25) is 4.79 Å². The Morgan fingerprint density at radius 1 is 1.44 bits per heavy atom. The van der Waals surface area contributed by atoms with Gasteiger partial charge in [-0.1, -0.05) is 6.92 Å². The fraction of sp³-hybridized carbons (Fsp3) is 0.462. The molecule has 0 heterocycles. The van der Waals surface area contributed by atoms with Gasteiger partial charge in [-0.2, -0.15) is 0 Å². The van der Waals surface area contributed by atoms with Crippen molar-refractivity contribution >= 4 is 17.5 Å². The van der Waals surface area contributed by atoms with Crippen LogP contribution in [0.15, 0.2) is 18.2 Å². The molecule has 1 rings (SSSR count). The summed E-state index contributed by atoms with van der Waals surface area (Å²) < 4.78 is 10.8. The lowest BCUT2D eigenvalue weighted by Gasteiger charge is -2.13. The topological polar surface area (TPSA) is 47.6 Å². The van der Waals surface area contributed by atoms with Gasteiger partial charge in [-0.25, -0.2) is 0 Å². The highest BCUT2D eigenvalue weighted by Gasteiger charge is 2.07. The summed E-state index contributed by atoms with van der Waals surface area (Å²) in [6.07, 6.45) is 0.921. The van der Waals surface area contributed by atoms with Crippen LogP contribution >= 0.6 is 11.6 Å². The number of carbonyl (C=O) groups excluding carboxylic acids is 1. The number of rotatable bonds is 7. The average Bonchev–Trinajstić information content (AvgIpc) is 2.42. The molecule has 0 atom stereocenters. The number of amides is 1. The molecule has 1 amide bonds. The van der Waals surface area contributed by atoms with Gasteiger partial charge in [-0.05, 0) is 18.6 Å². The van der Waals surface area contributed by atoms with Crippen LogP contribution in [0.5, 0.6) is 11.5 Å². The van der Waals surface area contributed by atoms with E-state index in [4.69, 9.17) is 21.1 Å². The SMILES string of the molecule is CCCOc1cc(OC)ccc1CNC(=O)CCl. The van der Waals surface area contributed by atoms with Crippen LogP contribution in [0.3, 0.4) is 0 Å². The third kappa shape index (κ3) is 4.45. The first-order valence-corrected chi connectivity index (χ1v) is 6.37. The Balaban J connectivity index is 2.77. The minimum atomic E-state index is -0.200. The molecule has 100 valence electrons. The molecule has 0 fully saturated rings. The van der Waals surface area contributed by atoms with Crippen molar-refractivity contribution in [3.63, 3.8) is 0 Å². The van der Waals surface area contributed by atoms with Crippen LogP contribution in [0.4, 0.5) is 0 Å². The van der Waals surface area contributed by atoms with E-state index >= 15 is 0 Å². The van der Waals surface area contributed by atoms with Crippen molar-refractivity contribution in [1.29, 1.82) is 0 Å². The lowest BCUT2D eigenvalue weighted by atomic mass is 10.2. The molecule has 0 aliphatic heterocycles. The number of ether oxygens (including phenoxy) is 2. The largest absolute Gasteiger partial charge is 0.497 e. The van der Waals surface area contributed by atoms with Gasteiger partial charge in [0.1, 0.15) is 17.4 Å². The molecule has 18 heavy (non-hydrogen) atoms. The lowest BCUT2D eigenvalue weighted by Crippen LogP contribution is -2.24. The highest BCUT2D eigenvalue weighted by Crippen LogP contribution is 2.25. The first-order valence-electron chi connectivity index (χ1n) is 5.83. The van der Waals surface area contributed by atoms with Crippen LogP contribution in [0.2, 0.25) is 0 Å². The average molecular weight is 272 g/mol. The van der Waals surface area contributed by atoms with Gasteiger partial charge in [-0.15, -0.1) is 11.6 Å². The summed E-state index contributed by atoms with van der Waals surface area (Å²) in [4.78, 5) is 11.1. The van der Waals surface area contributed by atoms with Crippen molar-refractivity contribution < 1.29 is 14.3 Å². The highest BCUT2D eigenvalue weighted by atomic mass is 35.5. The minimum absolute atomic E-state index is 0.0404. The smallest absolute Gasteiger partial charge is 0.235 e. The summed E-state index contributed by atoms with van der Waals surface area (Å²) in [5.74, 6) is 1.22. The predicted molar refractivity (Wildman–Crippen MR) is 71.3 cm³/mol. The Labute approximate surface area is 112 Å². The molecule has 0 aliphatic rings. The number of hydrogen-bond acceptors (Lipinski definition) is 3. The van der Waals surface area contributed by atoms with E-state index in [1.165, 1.54) is 0 Å². The van der Waals surface area contributed by atoms with E-state index in [2.05, 4.69) is 5.32 Å². The van der Waals surface area contributed by atoms with Gasteiger partial charge in [0.05, 0.1) is 13.7 Å². The lowest BCUT2D eigenvalue weighted by molar-refractivity contribution is -0.118. The fourth-order valence-corrected chi connectivity index (χ4v) is 1.49. The Morgan fingerprint density at radius 3 is 2.83 bits per heavy atom. The van der Waals surface area contributed by atoms with Crippen LogP contribution in [-0.2, 0) is 11.3 Å². The zero-order valence-corrected chi connectivity index (χ0v) is 11.4. The van der Waals surface area contributed by atoms with Crippen LogP contribution in [0.25, 0.3) is 0 Å². The second-order valence-corrected chi connectivity index (χ2v) is 4.00. The van der Waals surface area contributed by atoms with Crippen LogP contribution < -0.4 is 14.8 Å². The highest BCUT2D eigenvalue weighted by molar-refractivity contribution is 6.27. The van der Waals surface area contributed by atoms with Crippen molar-refractivity contribution in [3.05, 3.63) is 23.8 Å². The second kappa shape index (κ2) is 7.82. The second-order valence-electron chi connectivity index (χ2n) is 3.73. The number of nitrogens with one attached hydrogen (secondary N) is 1. The molecule has 1 N–H and O–H groups in total. The van der Waals surface area contributed by atoms with Crippen LogP contribution in [0.1, 0.15) is 18.9 Å². The number of carbonyl (C=O) groups is 1. The first kappa shape index (κ1) is 14.6. The van der Waals surface area contributed by atoms with Gasteiger partial charge >= 0.3 is 0 Å². The normalized spacial score (nSPS) is 9.94. The predicted octanol–water partition coefficient (Wildman–Crippen LogP) is 2.34. The number of hydrogen-bond donors (Lipinski definition) is 1. The molecule has 0 aromatic heterocycles. The quantitative estimate of drug-likeness (QED) is 0.775. The molecule has 1 aromatic carbocycles. The molecule has 0 spiro atoms. The number of methoxy groups -OCH3 is 1. The summed E-state index contributed by atoms with van der Waals surface area (Å²) >= 11 is 5.43. The summed E-state index contributed by atoms with van der Waals surface area (Å²) in [7, 11) is 1.61. The summed E-state index contributed by atoms with van der Waals surface area (Å²) in [6, 6.07) is 5.52. The van der Waals surface area contributed by atoms with Gasteiger partial charge in [0.25, 0.3) is 0 Å². The van der Waals surface area contributed by atoms with Crippen molar-refractivity contribution in [1.82, 2.24) is 5.32 Å². The number of halogens is 1. The number of benzene rings is 1. The van der Waals surface area contributed by atoms with E-state index in [1.54, 1.807) is 7.11 Å². The number of alkyl halides is 1. The summed E-state index contributed by atoms with van der Waals surface area (Å²) in [6.45, 7) is 3.06. The van der Waals surface area contributed by atoms with Crippen molar-refractivity contribution in [2.75, 3.05) is 19.6 Å². The Kier molecular flexibility index (Phi) is 6.36. The third-order valence-electron chi connectivity index (χ3n) is 2.33. The van der Waals surface area contributed by atoms with E-state index in [0.29, 0.717) is 13.2 Å². The zero-order chi connectivity index (χ0) is 13.4. The molecular weight excluding hydrogens is 254 g/mol. The molecule has 0 radical (unpaired) electrons. The van der Waals surface area contributed by atoms with Gasteiger partial charge in [0.2, 0.25) is 5.91 Å². The monoisotopic (exact) mass is 271 g/mol. The first-order chi connectivity index (χ1) is 8.71. The molecule has 5 heteroatoms. The molecule has 0 aliphatic carbocycles. The summed E-state index contributed by atoms with van der Waals surface area (Å²) in [5, 5.41) is 2.71. The standard InChI is InChI=1S/C13H18ClNO3/c1-3-6-18-12-7-11(17-2)5-4-10(12)9-15-13(16)8-14/h4-5,7H,3,6,8-9H2,1-2H3,(H,15,16). The molecule has 0 unspecified atom stereocenters. The maximum absolute atomic E-state index is 11.1. The van der Waals surface area contributed by atoms with Crippen LogP contribution in [-0.4, -0.2) is 25.5 Å². The van der Waals surface area contributed by atoms with Gasteiger partial charge < -0.3 is 14.8 Å². The molecule has 1 aromatic rings. The van der Waals surface area contributed by atoms with Crippen molar-refractivity contribution in [3.8, 4) is 11.5 Å². The maximum Gasteiger partial charge on any atom is 0.235 e. The van der Waals surface area contributed by atoms with E-state index in [0.717, 1.165) is 23.5 Å². The van der Waals surface area contributed by atoms with Crippen molar-refractivity contribution in [2.45, 2.75) is 19.9 Å². The molecule has 4 nitrogen and oxygen atoms in total. The third-order valence-corrected chi connectivity index (χ3v) is 2.58. The van der Waals surface area contributed by atoms with Crippen LogP contribution in [0, 0.1) is 0 Å². The van der Waals surface area contributed by atoms with Gasteiger partial charge in [0.15, 0.2) is 0 Å². The van der Waals surface area contributed by atoms with E-state index < -0.39 is 0 Å². The zero-order valence-electron chi connectivity index (χ0n) is 10.7. The maximum atomic E-state index is 11.1. The summed E-state index contributed by atoms with van der Waals surface area (Å²) in [5.41, 5.74) is 0.905. The van der Waals surface area contributed by atoms with Crippen molar-refractivity contribution in [2.24, 2.45) is 0 Å². The Hall–Kier alpha value is -1.42. The molecule has 0 saturated heterocycles. The fourth-order valence-electron chi connectivity index (χ4n) is 1.40. The molecule has 0 saturated carbocycles. The van der Waals surface area contributed by atoms with Gasteiger partial charge in [0, 0.05) is 18.2 Å².